The number of hydrogen-bond donors (Lipinski definition) is 1. The summed E-state index contributed by atoms with van der Waals surface area (Å²) in [5.41, 5.74) is 3.81. The number of carboxylic acids is 1. The van der Waals surface area contributed by atoms with Gasteiger partial charge in [0.1, 0.15) is 6.04 Å². The molecule has 0 bridgehead atoms. The number of aliphatic carboxylic acids is 1. The summed E-state index contributed by atoms with van der Waals surface area (Å²) in [4.78, 5) is 14.3. The molecule has 1 N–H and O–H groups in total. The summed E-state index contributed by atoms with van der Waals surface area (Å²) in [5.74, 6) is 0.674. The number of rotatable bonds is 1. The lowest BCUT2D eigenvalue weighted by molar-refractivity contribution is -0.140. The lowest BCUT2D eigenvalue weighted by atomic mass is 9.72. The minimum Gasteiger partial charge on any atom is -0.480 e. The van der Waals surface area contributed by atoms with E-state index in [4.69, 9.17) is 0 Å². The van der Waals surface area contributed by atoms with Crippen molar-refractivity contribution in [3.8, 4) is 0 Å². The summed E-state index contributed by atoms with van der Waals surface area (Å²) < 4.78 is 1.11. The summed E-state index contributed by atoms with van der Waals surface area (Å²) >= 11 is 3.68. The van der Waals surface area contributed by atoms with E-state index >= 15 is 0 Å². The van der Waals surface area contributed by atoms with Crippen LogP contribution in [0.3, 0.4) is 0 Å². The SMILES string of the molecule is O=C(O)[C@@H]1[C@H]2CC=C[C@@H]2c2cc(Br)cc3c2N1C[C@H]1CC=C[C@H]31. The molecule has 4 heteroatoms. The van der Waals surface area contributed by atoms with Crippen molar-refractivity contribution >= 4 is 27.6 Å². The Hall–Kier alpha value is -1.55. The van der Waals surface area contributed by atoms with Crippen molar-refractivity contribution < 1.29 is 9.90 Å². The summed E-state index contributed by atoms with van der Waals surface area (Å²) in [6.07, 6.45) is 10.9. The van der Waals surface area contributed by atoms with E-state index in [1.165, 1.54) is 16.8 Å². The highest BCUT2D eigenvalue weighted by Crippen LogP contribution is 2.55. The number of benzene rings is 1. The first-order valence-electron chi connectivity index (χ1n) is 8.31. The van der Waals surface area contributed by atoms with Crippen molar-refractivity contribution in [1.82, 2.24) is 0 Å². The fourth-order valence-corrected chi connectivity index (χ4v) is 5.70. The van der Waals surface area contributed by atoms with Gasteiger partial charge in [0.15, 0.2) is 0 Å². The fourth-order valence-electron chi connectivity index (χ4n) is 5.21. The molecule has 4 aliphatic rings. The molecule has 0 saturated carbocycles. The number of nitrogens with zero attached hydrogens (tertiary/aromatic N) is 1. The van der Waals surface area contributed by atoms with Gasteiger partial charge in [-0.3, -0.25) is 0 Å². The van der Waals surface area contributed by atoms with Gasteiger partial charge in [0, 0.05) is 34.5 Å². The average Bonchev–Trinajstić information content (AvgIpc) is 3.15. The van der Waals surface area contributed by atoms with Crippen LogP contribution in [-0.4, -0.2) is 23.7 Å². The number of anilines is 1. The Morgan fingerprint density at radius 2 is 1.83 bits per heavy atom. The van der Waals surface area contributed by atoms with Crippen LogP contribution >= 0.6 is 15.9 Å². The van der Waals surface area contributed by atoms with Crippen LogP contribution in [0.5, 0.6) is 0 Å². The Morgan fingerprint density at radius 1 is 1.13 bits per heavy atom. The molecule has 3 nitrogen and oxygen atoms in total. The quantitative estimate of drug-likeness (QED) is 0.756. The monoisotopic (exact) mass is 371 g/mol. The molecule has 0 amide bonds. The summed E-state index contributed by atoms with van der Waals surface area (Å²) in [5, 5.41) is 9.93. The Kier molecular flexibility index (Phi) is 2.85. The van der Waals surface area contributed by atoms with Gasteiger partial charge in [0.05, 0.1) is 0 Å². The minimum atomic E-state index is -0.673. The zero-order valence-corrected chi connectivity index (χ0v) is 14.2. The number of fused-ring (bicyclic) bond motifs is 4. The number of hydrogen-bond acceptors (Lipinski definition) is 2. The van der Waals surface area contributed by atoms with Gasteiger partial charge >= 0.3 is 5.97 Å². The Balaban J connectivity index is 1.78. The zero-order chi connectivity index (χ0) is 15.7. The molecule has 0 radical (unpaired) electrons. The highest BCUT2D eigenvalue weighted by Gasteiger charge is 2.49. The first kappa shape index (κ1) is 13.8. The Morgan fingerprint density at radius 3 is 2.61 bits per heavy atom. The van der Waals surface area contributed by atoms with Crippen LogP contribution in [0.25, 0.3) is 0 Å². The van der Waals surface area contributed by atoms with Crippen molar-refractivity contribution in [1.29, 1.82) is 0 Å². The van der Waals surface area contributed by atoms with Crippen molar-refractivity contribution in [2.45, 2.75) is 30.7 Å². The van der Waals surface area contributed by atoms with Crippen molar-refractivity contribution in [3.05, 3.63) is 52.0 Å². The molecule has 0 aromatic heterocycles. The molecule has 23 heavy (non-hydrogen) atoms. The molecule has 2 aliphatic heterocycles. The highest BCUT2D eigenvalue weighted by molar-refractivity contribution is 9.10. The topological polar surface area (TPSA) is 40.5 Å². The van der Waals surface area contributed by atoms with Crippen LogP contribution in [0.4, 0.5) is 5.69 Å². The van der Waals surface area contributed by atoms with E-state index in [1.807, 2.05) is 0 Å². The standard InChI is InChI=1S/C19H18BrNO2/c20-11-7-15-12-4-1-3-10(12)9-21-17(15)16(8-11)13-5-2-6-14(13)18(21)19(22)23/h1-2,4-5,7-8,10,12-14,18H,3,6,9H2,(H,22,23)/t10-,12+,13+,14+,18+/m1/s1. The molecular weight excluding hydrogens is 354 g/mol. The molecule has 118 valence electrons. The second kappa shape index (κ2) is 4.73. The Labute approximate surface area is 143 Å². The van der Waals surface area contributed by atoms with Gasteiger partial charge in [-0.1, -0.05) is 40.2 Å². The molecule has 1 aromatic carbocycles. The summed E-state index contributed by atoms with van der Waals surface area (Å²) in [7, 11) is 0. The average molecular weight is 372 g/mol. The van der Waals surface area contributed by atoms with E-state index in [2.05, 4.69) is 57.3 Å². The second-order valence-electron chi connectivity index (χ2n) is 7.17. The predicted molar refractivity (Wildman–Crippen MR) is 92.9 cm³/mol. The summed E-state index contributed by atoms with van der Waals surface area (Å²) in [6, 6.07) is 4.01. The minimum absolute atomic E-state index is 0.160. The highest BCUT2D eigenvalue weighted by atomic mass is 79.9. The second-order valence-corrected chi connectivity index (χ2v) is 8.09. The number of carboxylic acid groups (broad SMARTS) is 1. The van der Waals surface area contributed by atoms with Crippen LogP contribution in [0.1, 0.15) is 35.8 Å². The Bertz CT molecular complexity index is 752. The molecule has 2 aliphatic carbocycles. The maximum atomic E-state index is 12.1. The van der Waals surface area contributed by atoms with E-state index in [0.29, 0.717) is 11.8 Å². The molecule has 5 rings (SSSR count). The van der Waals surface area contributed by atoms with Gasteiger partial charge in [-0.25, -0.2) is 4.79 Å². The van der Waals surface area contributed by atoms with E-state index in [9.17, 15) is 9.90 Å². The number of carbonyl (C=O) groups is 1. The molecule has 0 saturated heterocycles. The maximum absolute atomic E-state index is 12.1. The van der Waals surface area contributed by atoms with Gasteiger partial charge in [0.25, 0.3) is 0 Å². The third kappa shape index (κ3) is 1.78. The van der Waals surface area contributed by atoms with E-state index in [-0.39, 0.29) is 11.8 Å². The number of halogens is 1. The first-order chi connectivity index (χ1) is 11.1. The summed E-state index contributed by atoms with van der Waals surface area (Å²) in [6.45, 7) is 0.861. The van der Waals surface area contributed by atoms with Crippen LogP contribution in [0.2, 0.25) is 0 Å². The lowest BCUT2D eigenvalue weighted by Crippen LogP contribution is -2.54. The predicted octanol–water partition coefficient (Wildman–Crippen LogP) is 4.06. The third-order valence-electron chi connectivity index (χ3n) is 6.07. The van der Waals surface area contributed by atoms with E-state index in [0.717, 1.165) is 23.9 Å². The molecule has 2 heterocycles. The largest absolute Gasteiger partial charge is 0.480 e. The van der Waals surface area contributed by atoms with Crippen LogP contribution in [0.15, 0.2) is 40.9 Å². The van der Waals surface area contributed by atoms with E-state index < -0.39 is 12.0 Å². The first-order valence-corrected chi connectivity index (χ1v) is 9.10. The van der Waals surface area contributed by atoms with Crippen LogP contribution in [-0.2, 0) is 4.79 Å². The fraction of sp³-hybridized carbons (Fsp3) is 0.421. The van der Waals surface area contributed by atoms with Gasteiger partial charge in [0.2, 0.25) is 0 Å². The van der Waals surface area contributed by atoms with Crippen molar-refractivity contribution in [2.24, 2.45) is 11.8 Å². The zero-order valence-electron chi connectivity index (χ0n) is 12.7. The van der Waals surface area contributed by atoms with Gasteiger partial charge < -0.3 is 10.0 Å². The molecule has 0 unspecified atom stereocenters. The van der Waals surface area contributed by atoms with Crippen molar-refractivity contribution in [3.63, 3.8) is 0 Å². The van der Waals surface area contributed by atoms with E-state index in [1.54, 1.807) is 0 Å². The normalized spacial score (nSPS) is 35.9. The molecule has 5 atom stereocenters. The van der Waals surface area contributed by atoms with Gasteiger partial charge in [-0.2, -0.15) is 0 Å². The molecule has 0 fully saturated rings. The molecular formula is C19H18BrNO2. The smallest absolute Gasteiger partial charge is 0.326 e. The number of allylic oxidation sites excluding steroid dienone is 4. The maximum Gasteiger partial charge on any atom is 0.326 e. The van der Waals surface area contributed by atoms with Crippen molar-refractivity contribution in [2.75, 3.05) is 11.4 Å². The third-order valence-corrected chi connectivity index (χ3v) is 6.53. The molecule has 0 spiro atoms. The van der Waals surface area contributed by atoms with Crippen LogP contribution < -0.4 is 4.90 Å². The van der Waals surface area contributed by atoms with Crippen LogP contribution in [0, 0.1) is 11.8 Å². The van der Waals surface area contributed by atoms with Gasteiger partial charge in [-0.15, -0.1) is 0 Å². The van der Waals surface area contributed by atoms with Gasteiger partial charge in [-0.05, 0) is 42.0 Å². The molecule has 1 aromatic rings. The lowest BCUT2D eigenvalue weighted by Gasteiger charge is -2.49.